The first-order valence-corrected chi connectivity index (χ1v) is 11.1. The Balaban J connectivity index is 1.95. The van der Waals surface area contributed by atoms with E-state index in [1.807, 2.05) is 56.5 Å². The molecular formula is C20H20N4O2S2. The summed E-state index contributed by atoms with van der Waals surface area (Å²) in [6, 6.07) is 11.7. The third kappa shape index (κ3) is 3.38. The van der Waals surface area contributed by atoms with Crippen LogP contribution in [-0.2, 0) is 4.79 Å². The van der Waals surface area contributed by atoms with Crippen LogP contribution in [0.2, 0.25) is 0 Å². The molecule has 0 saturated carbocycles. The highest BCUT2D eigenvalue weighted by molar-refractivity contribution is 7.98. The highest BCUT2D eigenvalue weighted by Gasteiger charge is 2.36. The Kier molecular flexibility index (Phi) is 5.32. The van der Waals surface area contributed by atoms with Crippen molar-refractivity contribution in [2.75, 3.05) is 11.2 Å². The number of benzene rings is 1. The lowest BCUT2D eigenvalue weighted by molar-refractivity contribution is -0.120. The molecule has 144 valence electrons. The zero-order valence-corrected chi connectivity index (χ0v) is 17.5. The molecule has 0 fully saturated rings. The minimum Gasteiger partial charge on any atom is -0.446 e. The van der Waals surface area contributed by atoms with Crippen molar-refractivity contribution in [3.63, 3.8) is 0 Å². The largest absolute Gasteiger partial charge is 0.446 e. The number of thioether (sulfide) groups is 1. The van der Waals surface area contributed by atoms with E-state index in [1.165, 1.54) is 11.8 Å². The Morgan fingerprint density at radius 1 is 1.25 bits per heavy atom. The average molecular weight is 413 g/mol. The van der Waals surface area contributed by atoms with Crippen molar-refractivity contribution in [2.45, 2.75) is 38.1 Å². The zero-order valence-electron chi connectivity index (χ0n) is 15.9. The van der Waals surface area contributed by atoms with E-state index in [4.69, 9.17) is 4.74 Å². The van der Waals surface area contributed by atoms with Crippen molar-refractivity contribution in [1.82, 2.24) is 15.2 Å². The third-order valence-electron chi connectivity index (χ3n) is 4.43. The van der Waals surface area contributed by atoms with E-state index in [2.05, 4.69) is 15.2 Å². The number of para-hydroxylation sites is 1. The van der Waals surface area contributed by atoms with Crippen LogP contribution in [0.4, 0.5) is 5.69 Å². The summed E-state index contributed by atoms with van der Waals surface area (Å²) in [4.78, 5) is 21.6. The van der Waals surface area contributed by atoms with Gasteiger partial charge in [0.1, 0.15) is 0 Å². The highest BCUT2D eigenvalue weighted by Crippen LogP contribution is 2.44. The molecule has 1 amide bonds. The number of ether oxygens (including phenoxy) is 1. The van der Waals surface area contributed by atoms with E-state index >= 15 is 0 Å². The number of carbonyl (C=O) groups excluding carboxylic acids is 1. The van der Waals surface area contributed by atoms with Crippen LogP contribution >= 0.6 is 23.1 Å². The van der Waals surface area contributed by atoms with Crippen molar-refractivity contribution in [3.8, 4) is 17.1 Å². The lowest BCUT2D eigenvalue weighted by atomic mass is 10.1. The van der Waals surface area contributed by atoms with Gasteiger partial charge in [0, 0.05) is 16.9 Å². The van der Waals surface area contributed by atoms with Gasteiger partial charge in [0.25, 0.3) is 0 Å². The number of hydrogen-bond acceptors (Lipinski definition) is 7. The van der Waals surface area contributed by atoms with Crippen molar-refractivity contribution in [2.24, 2.45) is 0 Å². The summed E-state index contributed by atoms with van der Waals surface area (Å²) in [5.74, 6) is 0.409. The summed E-state index contributed by atoms with van der Waals surface area (Å²) < 4.78 is 6.35. The third-order valence-corrected chi connectivity index (χ3v) is 6.00. The molecule has 1 aliphatic heterocycles. The fraction of sp³-hybridized carbons (Fsp3) is 0.300. The van der Waals surface area contributed by atoms with Crippen molar-refractivity contribution in [3.05, 3.63) is 46.2 Å². The number of fused-ring (bicyclic) bond motifs is 3. The van der Waals surface area contributed by atoms with Gasteiger partial charge in [-0.3, -0.25) is 9.69 Å². The molecule has 28 heavy (non-hydrogen) atoms. The van der Waals surface area contributed by atoms with Gasteiger partial charge in [0.2, 0.25) is 23.2 Å². The van der Waals surface area contributed by atoms with Crippen molar-refractivity contribution < 1.29 is 9.53 Å². The van der Waals surface area contributed by atoms with Crippen molar-refractivity contribution in [1.29, 1.82) is 0 Å². The normalized spacial score (nSPS) is 15.4. The van der Waals surface area contributed by atoms with Crippen LogP contribution in [0.1, 0.15) is 35.7 Å². The number of anilines is 1. The SMILES string of the molecule is CCCC(=O)N1c2ccccc2-c2nnc(SC)nc2OC1c1ccc(C)s1. The van der Waals surface area contributed by atoms with Gasteiger partial charge in [-0.2, -0.15) is 4.98 Å². The molecule has 0 N–H and O–H groups in total. The number of aryl methyl sites for hydroxylation is 1. The van der Waals surface area contributed by atoms with E-state index in [0.29, 0.717) is 23.2 Å². The Morgan fingerprint density at radius 3 is 2.79 bits per heavy atom. The second-order valence-electron chi connectivity index (χ2n) is 6.40. The molecule has 0 bridgehead atoms. The summed E-state index contributed by atoms with van der Waals surface area (Å²) in [6.07, 6.45) is 2.50. The van der Waals surface area contributed by atoms with E-state index in [0.717, 1.165) is 27.4 Å². The standard InChI is InChI=1S/C20H20N4O2S2/c1-4-7-16(25)24-14-9-6-5-8-13(14)17-18(21-20(27-3)23-22-17)26-19(24)15-11-10-12(2)28-15/h5-6,8-11,19H,4,7H2,1-3H3. The number of thiophene rings is 1. The van der Waals surface area contributed by atoms with E-state index < -0.39 is 6.23 Å². The maximum absolute atomic E-state index is 13.2. The summed E-state index contributed by atoms with van der Waals surface area (Å²) in [5.41, 5.74) is 2.12. The Bertz CT molecular complexity index is 1020. The summed E-state index contributed by atoms with van der Waals surface area (Å²) in [6.45, 7) is 4.04. The van der Waals surface area contributed by atoms with Crippen molar-refractivity contribution >= 4 is 34.7 Å². The second kappa shape index (κ2) is 7.89. The van der Waals surface area contributed by atoms with Gasteiger partial charge in [-0.1, -0.05) is 36.9 Å². The van der Waals surface area contributed by atoms with E-state index in [-0.39, 0.29) is 5.91 Å². The molecule has 3 aromatic rings. The lowest BCUT2D eigenvalue weighted by Gasteiger charge is -2.30. The number of amides is 1. The van der Waals surface area contributed by atoms with Gasteiger partial charge in [0.15, 0.2) is 5.69 Å². The molecule has 1 aromatic carbocycles. The first-order chi connectivity index (χ1) is 13.6. The molecular weight excluding hydrogens is 392 g/mol. The van der Waals surface area contributed by atoms with Gasteiger partial charge < -0.3 is 4.74 Å². The van der Waals surface area contributed by atoms with Crippen LogP contribution in [-0.4, -0.2) is 27.3 Å². The van der Waals surface area contributed by atoms with Crippen LogP contribution in [0.25, 0.3) is 11.3 Å². The second-order valence-corrected chi connectivity index (χ2v) is 8.49. The summed E-state index contributed by atoms with van der Waals surface area (Å²) >= 11 is 3.02. The lowest BCUT2D eigenvalue weighted by Crippen LogP contribution is -2.37. The summed E-state index contributed by atoms with van der Waals surface area (Å²) in [5, 5.41) is 9.08. The van der Waals surface area contributed by atoms with Gasteiger partial charge in [0.05, 0.1) is 10.6 Å². The fourth-order valence-electron chi connectivity index (χ4n) is 3.18. The number of carbonyl (C=O) groups is 1. The quantitative estimate of drug-likeness (QED) is 0.570. The minimum absolute atomic E-state index is 0.0110. The minimum atomic E-state index is -0.591. The number of aromatic nitrogens is 3. The van der Waals surface area contributed by atoms with E-state index in [1.54, 1.807) is 16.2 Å². The maximum Gasteiger partial charge on any atom is 0.247 e. The predicted octanol–water partition coefficient (Wildman–Crippen LogP) is 4.85. The Hall–Kier alpha value is -2.45. The molecule has 1 aliphatic rings. The first-order valence-electron chi connectivity index (χ1n) is 9.05. The Morgan fingerprint density at radius 2 is 2.07 bits per heavy atom. The fourth-order valence-corrected chi connectivity index (χ4v) is 4.37. The number of rotatable bonds is 4. The first kappa shape index (κ1) is 18.9. The van der Waals surface area contributed by atoms with Gasteiger partial charge in [-0.25, -0.2) is 0 Å². The van der Waals surface area contributed by atoms with Gasteiger partial charge >= 0.3 is 0 Å². The van der Waals surface area contributed by atoms with Crippen LogP contribution in [0.15, 0.2) is 41.6 Å². The monoisotopic (exact) mass is 412 g/mol. The molecule has 0 radical (unpaired) electrons. The van der Waals surface area contributed by atoms with E-state index in [9.17, 15) is 4.79 Å². The number of nitrogens with zero attached hydrogens (tertiary/aromatic N) is 4. The van der Waals surface area contributed by atoms with Crippen LogP contribution in [0, 0.1) is 6.92 Å². The topological polar surface area (TPSA) is 68.2 Å². The van der Waals surface area contributed by atoms with Crippen LogP contribution < -0.4 is 9.64 Å². The molecule has 4 rings (SSSR count). The van der Waals surface area contributed by atoms with Gasteiger partial charge in [-0.15, -0.1) is 21.5 Å². The van der Waals surface area contributed by atoms with Crippen LogP contribution in [0.3, 0.4) is 0 Å². The average Bonchev–Trinajstić information content (AvgIpc) is 3.08. The zero-order chi connectivity index (χ0) is 19.7. The van der Waals surface area contributed by atoms with Crippen LogP contribution in [0.5, 0.6) is 5.88 Å². The number of hydrogen-bond donors (Lipinski definition) is 0. The molecule has 3 heterocycles. The molecule has 0 spiro atoms. The smallest absolute Gasteiger partial charge is 0.247 e. The molecule has 1 atom stereocenters. The molecule has 8 heteroatoms. The predicted molar refractivity (Wildman–Crippen MR) is 112 cm³/mol. The summed E-state index contributed by atoms with van der Waals surface area (Å²) in [7, 11) is 0. The van der Waals surface area contributed by atoms with Gasteiger partial charge in [-0.05, 0) is 37.8 Å². The molecule has 2 aromatic heterocycles. The molecule has 6 nitrogen and oxygen atoms in total. The molecule has 0 saturated heterocycles. The Labute approximate surface area is 172 Å². The maximum atomic E-state index is 13.2. The highest BCUT2D eigenvalue weighted by atomic mass is 32.2. The molecule has 1 unspecified atom stereocenters. The molecule has 0 aliphatic carbocycles.